The Morgan fingerprint density at radius 2 is 1.00 bits per heavy atom. The number of aromatic nitrogens is 9. The van der Waals surface area contributed by atoms with Crippen LogP contribution in [0.5, 0.6) is 0 Å². The van der Waals surface area contributed by atoms with Gasteiger partial charge in [0.2, 0.25) is 11.8 Å². The second kappa shape index (κ2) is 41.8. The fourth-order valence-corrected chi connectivity index (χ4v) is 16.4. The first-order valence-corrected chi connectivity index (χ1v) is 40.3. The van der Waals surface area contributed by atoms with Gasteiger partial charge in [0.1, 0.15) is 73.2 Å². The molecule has 5 fully saturated rings. The van der Waals surface area contributed by atoms with Crippen molar-refractivity contribution in [2.45, 2.75) is 166 Å². The Bertz CT molecular complexity index is 5010. The zero-order valence-electron chi connectivity index (χ0n) is 69.2. The second-order valence-corrected chi connectivity index (χ2v) is 31.9. The van der Waals surface area contributed by atoms with Crippen molar-refractivity contribution in [3.05, 3.63) is 255 Å². The van der Waals surface area contributed by atoms with Crippen LogP contribution in [0.25, 0.3) is 0 Å². The molecule has 0 spiro atoms. The summed E-state index contributed by atoms with van der Waals surface area (Å²) in [6, 6.07) is 26.4. The van der Waals surface area contributed by atoms with Crippen molar-refractivity contribution in [2.24, 2.45) is 5.92 Å². The molecule has 15 rings (SSSR count). The Morgan fingerprint density at radius 3 is 1.47 bits per heavy atom. The molecule has 0 bridgehead atoms. The fraction of sp³-hybridized carbons (Fsp3) is 0.419. The molecular weight excluding hydrogens is 1590 g/mol. The maximum absolute atomic E-state index is 14.0. The molecule has 11 atom stereocenters. The van der Waals surface area contributed by atoms with Gasteiger partial charge in [-0.05, 0) is 220 Å². The quantitative estimate of drug-likeness (QED) is 0.0386. The van der Waals surface area contributed by atoms with Crippen molar-refractivity contribution in [2.75, 3.05) is 71.5 Å². The number of likely N-dealkylation sites (tertiary alicyclic amines) is 5. The van der Waals surface area contributed by atoms with Crippen molar-refractivity contribution < 1.29 is 63.8 Å². The number of urea groups is 2. The molecule has 644 valence electrons. The highest BCUT2D eigenvalue weighted by Crippen LogP contribution is 2.43. The highest BCUT2D eigenvalue weighted by molar-refractivity contribution is 6.30. The molecule has 0 radical (unpaired) electrons. The van der Waals surface area contributed by atoms with Crippen LogP contribution in [0.1, 0.15) is 152 Å². The molecule has 11 unspecified atom stereocenters. The molecule has 27 nitrogen and oxygen atoms in total. The first-order chi connectivity index (χ1) is 57.9. The number of benzene rings is 5. The number of nitrogens with one attached hydrogen (secondary N) is 6. The van der Waals surface area contributed by atoms with Gasteiger partial charge in [-0.1, -0.05) is 64.4 Å². The first kappa shape index (κ1) is 90.5. The van der Waals surface area contributed by atoms with Gasteiger partial charge < -0.3 is 35.6 Å². The van der Waals surface area contributed by atoms with Gasteiger partial charge in [0, 0.05) is 87.0 Å². The Hall–Kier alpha value is -11.3. The predicted octanol–water partition coefficient (Wildman–Crippen LogP) is 13.6. The summed E-state index contributed by atoms with van der Waals surface area (Å²) in [6.45, 7) is 17.4. The minimum absolute atomic E-state index is 0.0183. The third kappa shape index (κ3) is 23.9. The first-order valence-electron chi connectivity index (χ1n) is 40.0. The van der Waals surface area contributed by atoms with E-state index in [1.165, 1.54) is 71.3 Å². The van der Waals surface area contributed by atoms with Crippen molar-refractivity contribution in [3.63, 3.8) is 0 Å². The van der Waals surface area contributed by atoms with E-state index in [4.69, 9.17) is 16.1 Å². The highest BCUT2D eigenvalue weighted by atomic mass is 35.5. The molecule has 121 heavy (non-hydrogen) atoms. The minimum atomic E-state index is -0.895. The summed E-state index contributed by atoms with van der Waals surface area (Å²) in [5, 5.41) is 32.8. The molecule has 5 aliphatic rings. The van der Waals surface area contributed by atoms with Crippen LogP contribution >= 0.6 is 11.6 Å². The summed E-state index contributed by atoms with van der Waals surface area (Å²) in [5.74, 6) is -3.32. The van der Waals surface area contributed by atoms with Crippen molar-refractivity contribution in [1.82, 2.24) is 90.6 Å². The number of anilines is 2. The largest absolute Gasteiger partial charge is 0.363 e. The van der Waals surface area contributed by atoms with Crippen LogP contribution < -0.4 is 31.9 Å². The molecule has 5 aromatic heterocycles. The Balaban J connectivity index is 0.000000148. The molecule has 0 saturated carbocycles. The van der Waals surface area contributed by atoms with E-state index in [-0.39, 0.29) is 114 Å². The van der Waals surface area contributed by atoms with Crippen LogP contribution in [0.15, 0.2) is 162 Å². The third-order valence-electron chi connectivity index (χ3n) is 22.5. The van der Waals surface area contributed by atoms with Crippen molar-refractivity contribution in [1.29, 1.82) is 0 Å². The van der Waals surface area contributed by atoms with E-state index >= 15 is 0 Å². The molecule has 6 N–H and O–H groups in total. The Kier molecular flexibility index (Phi) is 31.2. The number of likely N-dealkylation sites (N-methyl/N-ethyl adjacent to an activating group) is 4. The molecule has 5 saturated heterocycles. The lowest BCUT2D eigenvalue weighted by atomic mass is 9.88. The molecule has 6 amide bonds. The average Bonchev–Trinajstić information content (AvgIpc) is 1.70. The second-order valence-electron chi connectivity index (χ2n) is 31.5. The lowest BCUT2D eigenvalue weighted by Crippen LogP contribution is -2.42. The van der Waals surface area contributed by atoms with E-state index < -0.39 is 41.2 Å². The zero-order chi connectivity index (χ0) is 86.9. The van der Waals surface area contributed by atoms with Gasteiger partial charge in [0.05, 0.1) is 53.4 Å². The van der Waals surface area contributed by atoms with Crippen LogP contribution in [0.3, 0.4) is 0 Å². The normalized spacial score (nSPS) is 21.3. The van der Waals surface area contributed by atoms with Crippen LogP contribution in [0, 0.1) is 74.3 Å². The number of halogens is 8. The lowest BCUT2D eigenvalue weighted by Gasteiger charge is -2.31. The number of pyridine rings is 1. The van der Waals surface area contributed by atoms with Gasteiger partial charge in [-0.15, -0.1) is 0 Å². The number of carbonyl (C=O) groups is 5. The number of rotatable bonds is 20. The minimum Gasteiger partial charge on any atom is -0.363 e. The van der Waals surface area contributed by atoms with E-state index in [0.717, 1.165) is 92.8 Å². The summed E-state index contributed by atoms with van der Waals surface area (Å²) >= 11 is 5.84. The number of hydrogen-bond acceptors (Lipinski definition) is 19. The van der Waals surface area contributed by atoms with E-state index in [1.54, 1.807) is 81.7 Å². The molecule has 35 heteroatoms. The molecule has 5 aromatic carbocycles. The van der Waals surface area contributed by atoms with Gasteiger partial charge >= 0.3 is 12.1 Å². The molecule has 0 aliphatic carbocycles. The van der Waals surface area contributed by atoms with Crippen LogP contribution in [0.4, 0.5) is 51.8 Å². The summed E-state index contributed by atoms with van der Waals surface area (Å²) < 4.78 is 108. The Morgan fingerprint density at radius 1 is 0.504 bits per heavy atom. The van der Waals surface area contributed by atoms with Gasteiger partial charge in [-0.2, -0.15) is 10.2 Å². The van der Waals surface area contributed by atoms with Crippen molar-refractivity contribution >= 4 is 52.8 Å². The van der Waals surface area contributed by atoms with E-state index in [9.17, 15) is 54.7 Å². The van der Waals surface area contributed by atoms with Gasteiger partial charge in [-0.25, -0.2) is 59.7 Å². The number of amides is 6. The van der Waals surface area contributed by atoms with Crippen LogP contribution in [0.2, 0.25) is 5.02 Å². The summed E-state index contributed by atoms with van der Waals surface area (Å²) in [7, 11) is 7.77. The van der Waals surface area contributed by atoms with Crippen molar-refractivity contribution in [3.8, 4) is 0 Å². The monoisotopic (exact) mass is 1690 g/mol. The van der Waals surface area contributed by atoms with E-state index in [0.29, 0.717) is 64.1 Å². The number of nitrogens with zero attached hydrogens (tertiary/aromatic N) is 14. The van der Waals surface area contributed by atoms with E-state index in [2.05, 4.69) is 100 Å². The Labute approximate surface area is 702 Å². The fourth-order valence-electron chi connectivity index (χ4n) is 16.3. The topological polar surface area (TPSA) is 300 Å². The molecule has 10 aromatic rings. The maximum Gasteiger partial charge on any atom is 0.320 e. The highest BCUT2D eigenvalue weighted by Gasteiger charge is 2.41. The number of aryl methyl sites for hydroxylation is 4. The maximum atomic E-state index is 14.0. The SMILES string of the molecule is CN1CCC(NC(=O)Nc2ccon2)C1c1ccc(F)c(F)c1.Cc1cc(CC(=O)CC2CCN(C(C)C)C2c2ccc(Cl)c(F)c2)no1.Cc1ccc(C2C(NC(=O)C(C)n3cncn3)CCN2C)cc1F.Cc1ccc(C2C(NC(=O)Cn3cncn3)CCN2C)cc1F.Cc1cnccc1NC(=O)NC1CCN(C)C1c1ccc(F)c(F)c1. The van der Waals surface area contributed by atoms with Gasteiger partial charge in [-0.3, -0.25) is 49.2 Å². The molecule has 10 heterocycles. The predicted molar refractivity (Wildman–Crippen MR) is 440 cm³/mol. The van der Waals surface area contributed by atoms with Crippen LogP contribution in [-0.2, 0) is 27.3 Å². The summed E-state index contributed by atoms with van der Waals surface area (Å²) in [6.07, 6.45) is 15.2. The van der Waals surface area contributed by atoms with Crippen LogP contribution in [-0.4, -0.2) is 190 Å². The average molecular weight is 1700 g/mol. The molecular formula is C86H102ClF7N20O7. The zero-order valence-corrected chi connectivity index (χ0v) is 70.0. The van der Waals surface area contributed by atoms with E-state index in [1.807, 2.05) is 70.0 Å². The number of carbonyl (C=O) groups excluding carboxylic acids is 5. The lowest BCUT2D eigenvalue weighted by molar-refractivity contribution is -0.125. The smallest absolute Gasteiger partial charge is 0.320 e. The number of hydrogen-bond donors (Lipinski definition) is 6. The van der Waals surface area contributed by atoms with Gasteiger partial charge in [0.25, 0.3) is 0 Å². The standard InChI is InChI=1S/C20H24ClFN2O2.C18H20F2N4O.C17H22FN5O.C16H20FN5O.C15H16F2N4O2/c1-12(2)24-7-6-15(9-17(25)11-16-8-13(3)26-23-16)20(24)14-4-5-18(21)19(22)10-14;1-11-10-21-7-5-15(11)22-18(25)23-16-6-8-24(2)17(16)12-3-4-13(19)14(20)9-12;1-11-4-5-13(8-14(11)18)16-15(6-7-22(16)3)21-17(24)12(2)23-10-19-9-20-23;1-11-3-4-12(7-13(11)17)16-14(5-6-21(16)2)20-15(23)8-22-10-18-9-19-22;1-21-6-4-12(18-15(22)19-13-5-7-23-20-13)14(21)9-2-3-10(16)11(17)8-9/h4-5,8,10,12,15,20H,6-7,9,11H2,1-3H3;3-5,7,9-10,16-17H,6,8H2,1-2H3,(H2,21,22,23,25);4-5,8-10,12,15-16H,6-7H2,1-3H3,(H,21,24);3-4,7,9-10,14,16H,5-6,8H2,1-2H3,(H,20,23);2-3,5,7-8,12,14H,4,6H2,1H3,(H2,18,19,20,22). The number of Topliss-reactive ketones (excluding diaryl/α,β-unsaturated/α-hetero) is 1. The summed E-state index contributed by atoms with van der Waals surface area (Å²) in [4.78, 5) is 83.9. The third-order valence-corrected chi connectivity index (χ3v) is 22.8. The number of ketones is 1. The molecule has 5 aliphatic heterocycles. The summed E-state index contributed by atoms with van der Waals surface area (Å²) in [5.41, 5.74) is 7.38. The van der Waals surface area contributed by atoms with Gasteiger partial charge in [0.15, 0.2) is 29.1 Å².